The molecular formula is C12H16O2. The number of methoxy groups -OCH3 is 1. The van der Waals surface area contributed by atoms with E-state index in [1.165, 1.54) is 0 Å². The van der Waals surface area contributed by atoms with Crippen LogP contribution < -0.4 is 4.74 Å². The molecule has 1 aliphatic rings. The average molecular weight is 192 g/mol. The van der Waals surface area contributed by atoms with Gasteiger partial charge in [-0.25, -0.2) is 0 Å². The molecule has 0 spiro atoms. The quantitative estimate of drug-likeness (QED) is 0.797. The summed E-state index contributed by atoms with van der Waals surface area (Å²) in [6, 6.07) is 5.87. The van der Waals surface area contributed by atoms with Crippen LogP contribution in [-0.4, -0.2) is 12.2 Å². The first-order chi connectivity index (χ1) is 6.72. The van der Waals surface area contributed by atoms with Gasteiger partial charge in [-0.3, -0.25) is 0 Å². The molecule has 0 amide bonds. The van der Waals surface area contributed by atoms with Crippen molar-refractivity contribution in [1.82, 2.24) is 0 Å². The molecule has 2 nitrogen and oxygen atoms in total. The Bertz CT molecular complexity index is 329. The van der Waals surface area contributed by atoms with Crippen molar-refractivity contribution < 1.29 is 9.84 Å². The molecule has 2 heteroatoms. The van der Waals surface area contributed by atoms with Crippen molar-refractivity contribution in [1.29, 1.82) is 0 Å². The Morgan fingerprint density at radius 3 is 2.71 bits per heavy atom. The lowest BCUT2D eigenvalue weighted by atomic mass is 10.00. The molecule has 1 unspecified atom stereocenters. The monoisotopic (exact) mass is 192 g/mol. The highest BCUT2D eigenvalue weighted by Gasteiger charge is 2.31. The van der Waals surface area contributed by atoms with Crippen LogP contribution in [0.1, 0.15) is 30.1 Å². The van der Waals surface area contributed by atoms with E-state index < -0.39 is 0 Å². The highest BCUT2D eigenvalue weighted by atomic mass is 16.5. The topological polar surface area (TPSA) is 29.5 Å². The number of hydrogen-bond acceptors (Lipinski definition) is 2. The molecule has 1 aromatic carbocycles. The number of rotatable bonds is 3. The number of hydrogen-bond donors (Lipinski definition) is 1. The molecule has 0 bridgehead atoms. The maximum absolute atomic E-state index is 10.0. The zero-order valence-electron chi connectivity index (χ0n) is 8.66. The summed E-state index contributed by atoms with van der Waals surface area (Å²) in [7, 11) is 1.65. The minimum atomic E-state index is -0.301. The Morgan fingerprint density at radius 2 is 2.14 bits per heavy atom. The molecule has 0 saturated heterocycles. The molecule has 0 heterocycles. The summed E-state index contributed by atoms with van der Waals surface area (Å²) in [5.41, 5.74) is 2.16. The van der Waals surface area contributed by atoms with Crippen LogP contribution in [0.4, 0.5) is 0 Å². The molecule has 0 aliphatic heterocycles. The maximum Gasteiger partial charge on any atom is 0.119 e. The van der Waals surface area contributed by atoms with E-state index in [2.05, 4.69) is 0 Å². The van der Waals surface area contributed by atoms with Crippen LogP contribution in [0.2, 0.25) is 0 Å². The van der Waals surface area contributed by atoms with E-state index in [1.807, 2.05) is 25.1 Å². The standard InChI is InChI=1S/C12H16O2/c1-8-3-6-10(14-2)7-11(8)12(13)9-4-5-9/h3,6-7,9,12-13H,4-5H2,1-2H3. The van der Waals surface area contributed by atoms with E-state index in [-0.39, 0.29) is 6.10 Å². The normalized spacial score (nSPS) is 17.9. The second-order valence-corrected chi connectivity index (χ2v) is 4.00. The van der Waals surface area contributed by atoms with Gasteiger partial charge in [0.15, 0.2) is 0 Å². The number of ether oxygens (including phenoxy) is 1. The van der Waals surface area contributed by atoms with Gasteiger partial charge in [0.25, 0.3) is 0 Å². The molecule has 1 aromatic rings. The van der Waals surface area contributed by atoms with Gasteiger partial charge in [-0.05, 0) is 48.9 Å². The van der Waals surface area contributed by atoms with Crippen LogP contribution >= 0.6 is 0 Å². The van der Waals surface area contributed by atoms with Crippen LogP contribution in [0.25, 0.3) is 0 Å². The molecule has 1 fully saturated rings. The van der Waals surface area contributed by atoms with Gasteiger partial charge in [0.1, 0.15) is 5.75 Å². The van der Waals surface area contributed by atoms with Gasteiger partial charge in [-0.2, -0.15) is 0 Å². The van der Waals surface area contributed by atoms with Gasteiger partial charge in [0, 0.05) is 0 Å². The lowest BCUT2D eigenvalue weighted by Gasteiger charge is -2.13. The van der Waals surface area contributed by atoms with Crippen molar-refractivity contribution in [2.45, 2.75) is 25.9 Å². The van der Waals surface area contributed by atoms with E-state index in [0.29, 0.717) is 5.92 Å². The highest BCUT2D eigenvalue weighted by Crippen LogP contribution is 2.42. The summed E-state index contributed by atoms with van der Waals surface area (Å²) >= 11 is 0. The maximum atomic E-state index is 10.0. The van der Waals surface area contributed by atoms with Crippen molar-refractivity contribution >= 4 is 0 Å². The predicted molar refractivity (Wildman–Crippen MR) is 55.4 cm³/mol. The largest absolute Gasteiger partial charge is 0.497 e. The van der Waals surface area contributed by atoms with Gasteiger partial charge < -0.3 is 9.84 Å². The zero-order chi connectivity index (χ0) is 10.1. The fourth-order valence-corrected chi connectivity index (χ4v) is 1.73. The fraction of sp³-hybridized carbons (Fsp3) is 0.500. The van der Waals surface area contributed by atoms with Crippen LogP contribution in [0.15, 0.2) is 18.2 Å². The van der Waals surface area contributed by atoms with Gasteiger partial charge in [-0.15, -0.1) is 0 Å². The molecule has 2 rings (SSSR count). The van der Waals surface area contributed by atoms with Crippen LogP contribution in [0, 0.1) is 12.8 Å². The molecule has 1 N–H and O–H groups in total. The van der Waals surface area contributed by atoms with Gasteiger partial charge in [0.2, 0.25) is 0 Å². The van der Waals surface area contributed by atoms with E-state index >= 15 is 0 Å². The van der Waals surface area contributed by atoms with Gasteiger partial charge in [-0.1, -0.05) is 6.07 Å². The summed E-state index contributed by atoms with van der Waals surface area (Å²) < 4.78 is 5.15. The number of aryl methyl sites for hydroxylation is 1. The molecular weight excluding hydrogens is 176 g/mol. The summed E-state index contributed by atoms with van der Waals surface area (Å²) in [5.74, 6) is 1.30. The molecule has 0 aromatic heterocycles. The summed E-state index contributed by atoms with van der Waals surface area (Å²) in [5, 5.41) is 10.0. The first-order valence-electron chi connectivity index (χ1n) is 5.05. The summed E-state index contributed by atoms with van der Waals surface area (Å²) in [4.78, 5) is 0. The molecule has 0 radical (unpaired) electrons. The smallest absolute Gasteiger partial charge is 0.119 e. The van der Waals surface area contributed by atoms with Crippen LogP contribution in [-0.2, 0) is 0 Å². The molecule has 76 valence electrons. The molecule has 1 atom stereocenters. The van der Waals surface area contributed by atoms with Gasteiger partial charge >= 0.3 is 0 Å². The first kappa shape index (κ1) is 9.53. The second-order valence-electron chi connectivity index (χ2n) is 4.00. The van der Waals surface area contributed by atoms with Crippen molar-refractivity contribution in [3.8, 4) is 5.75 Å². The van der Waals surface area contributed by atoms with E-state index in [0.717, 1.165) is 29.7 Å². The fourth-order valence-electron chi connectivity index (χ4n) is 1.73. The third kappa shape index (κ3) is 1.75. The Morgan fingerprint density at radius 1 is 1.43 bits per heavy atom. The Balaban J connectivity index is 2.29. The number of aliphatic hydroxyl groups is 1. The lowest BCUT2D eigenvalue weighted by molar-refractivity contribution is 0.153. The van der Waals surface area contributed by atoms with Crippen molar-refractivity contribution in [2.24, 2.45) is 5.92 Å². The third-order valence-corrected chi connectivity index (χ3v) is 2.87. The van der Waals surface area contributed by atoms with E-state index in [4.69, 9.17) is 4.74 Å². The summed E-state index contributed by atoms with van der Waals surface area (Å²) in [6.07, 6.45) is 2.00. The SMILES string of the molecule is COc1ccc(C)c(C(O)C2CC2)c1. The summed E-state index contributed by atoms with van der Waals surface area (Å²) in [6.45, 7) is 2.03. The Kier molecular flexibility index (Phi) is 2.46. The van der Waals surface area contributed by atoms with Crippen molar-refractivity contribution in [3.05, 3.63) is 29.3 Å². The lowest BCUT2D eigenvalue weighted by Crippen LogP contribution is -2.02. The highest BCUT2D eigenvalue weighted by molar-refractivity contribution is 5.36. The minimum absolute atomic E-state index is 0.301. The molecule has 1 saturated carbocycles. The first-order valence-corrected chi connectivity index (χ1v) is 5.05. The van der Waals surface area contributed by atoms with Crippen molar-refractivity contribution in [3.63, 3.8) is 0 Å². The van der Waals surface area contributed by atoms with E-state index in [9.17, 15) is 5.11 Å². The third-order valence-electron chi connectivity index (χ3n) is 2.87. The molecule has 14 heavy (non-hydrogen) atoms. The Labute approximate surface area is 84.5 Å². The van der Waals surface area contributed by atoms with Gasteiger partial charge in [0.05, 0.1) is 13.2 Å². The number of aliphatic hydroxyl groups excluding tert-OH is 1. The van der Waals surface area contributed by atoms with Crippen LogP contribution in [0.5, 0.6) is 5.75 Å². The second kappa shape index (κ2) is 3.62. The number of benzene rings is 1. The van der Waals surface area contributed by atoms with Crippen molar-refractivity contribution in [2.75, 3.05) is 7.11 Å². The van der Waals surface area contributed by atoms with Crippen LogP contribution in [0.3, 0.4) is 0 Å². The molecule has 1 aliphatic carbocycles. The zero-order valence-corrected chi connectivity index (χ0v) is 8.66. The van der Waals surface area contributed by atoms with E-state index in [1.54, 1.807) is 7.11 Å². The predicted octanol–water partition coefficient (Wildman–Crippen LogP) is 2.45. The average Bonchev–Trinajstić information content (AvgIpc) is 3.01. The minimum Gasteiger partial charge on any atom is -0.497 e. The Hall–Kier alpha value is -1.02.